The highest BCUT2D eigenvalue weighted by Gasteiger charge is 2.24. The highest BCUT2D eigenvalue weighted by molar-refractivity contribution is 5.86. The Morgan fingerprint density at radius 1 is 1.39 bits per heavy atom. The largest absolute Gasteiger partial charge is 0.393 e. The van der Waals surface area contributed by atoms with Crippen molar-refractivity contribution in [2.45, 2.75) is 38.8 Å². The molecule has 0 aliphatic carbocycles. The minimum Gasteiger partial charge on any atom is -0.393 e. The first-order chi connectivity index (χ1) is 8.18. The first-order valence-corrected chi connectivity index (χ1v) is 5.85. The third-order valence-electron chi connectivity index (χ3n) is 2.32. The summed E-state index contributed by atoms with van der Waals surface area (Å²) >= 11 is 0. The number of aliphatic hydroxyl groups is 2. The van der Waals surface area contributed by atoms with Crippen molar-refractivity contribution in [3.05, 3.63) is 0 Å². The molecule has 0 spiro atoms. The molecule has 0 aliphatic rings. The summed E-state index contributed by atoms with van der Waals surface area (Å²) in [6.45, 7) is 4.65. The van der Waals surface area contributed by atoms with Gasteiger partial charge in [0.2, 0.25) is 5.91 Å². The molecule has 0 rings (SSSR count). The van der Waals surface area contributed by atoms with Crippen LogP contribution in [0.1, 0.15) is 27.2 Å². The smallest absolute Gasteiger partial charge is 0.312 e. The number of amides is 3. The van der Waals surface area contributed by atoms with Crippen LogP contribution >= 0.6 is 0 Å². The Morgan fingerprint density at radius 2 is 1.94 bits per heavy atom. The van der Waals surface area contributed by atoms with Gasteiger partial charge < -0.3 is 26.6 Å². The van der Waals surface area contributed by atoms with E-state index in [0.29, 0.717) is 6.42 Å². The molecule has 2 atom stereocenters. The van der Waals surface area contributed by atoms with E-state index in [1.54, 1.807) is 0 Å². The first kappa shape index (κ1) is 16.7. The molecule has 0 bridgehead atoms. The van der Waals surface area contributed by atoms with Crippen molar-refractivity contribution in [2.75, 3.05) is 13.2 Å². The number of rotatable bonds is 7. The van der Waals surface area contributed by atoms with Crippen molar-refractivity contribution in [2.24, 2.45) is 11.7 Å². The van der Waals surface area contributed by atoms with Gasteiger partial charge in [-0.2, -0.15) is 0 Å². The van der Waals surface area contributed by atoms with Crippen LogP contribution in [0.2, 0.25) is 0 Å². The molecule has 18 heavy (non-hydrogen) atoms. The number of carbonyl (C=O) groups excluding carboxylic acids is 2. The number of aliphatic hydroxyl groups excluding tert-OH is 1. The number of primary amides is 1. The van der Waals surface area contributed by atoms with Crippen LogP contribution in [-0.2, 0) is 4.79 Å². The van der Waals surface area contributed by atoms with Gasteiger partial charge in [-0.1, -0.05) is 13.8 Å². The third kappa shape index (κ3) is 7.08. The lowest BCUT2D eigenvalue weighted by atomic mass is 10.0. The van der Waals surface area contributed by atoms with Gasteiger partial charge in [-0.15, -0.1) is 0 Å². The summed E-state index contributed by atoms with van der Waals surface area (Å²) in [6, 6.07) is -1.51. The lowest BCUT2D eigenvalue weighted by molar-refractivity contribution is -0.124. The summed E-state index contributed by atoms with van der Waals surface area (Å²) in [7, 11) is 0. The number of hydrogen-bond acceptors (Lipinski definition) is 4. The summed E-state index contributed by atoms with van der Waals surface area (Å²) in [5, 5.41) is 23.2. The molecule has 0 saturated carbocycles. The zero-order chi connectivity index (χ0) is 14.3. The maximum absolute atomic E-state index is 11.8. The normalized spacial score (nSPS) is 15.9. The van der Waals surface area contributed by atoms with Crippen LogP contribution in [0.4, 0.5) is 4.79 Å². The predicted molar refractivity (Wildman–Crippen MR) is 66.7 cm³/mol. The third-order valence-corrected chi connectivity index (χ3v) is 2.32. The molecular weight excluding hydrogens is 238 g/mol. The number of hydrogen-bond donors (Lipinski definition) is 5. The van der Waals surface area contributed by atoms with Crippen LogP contribution in [0.25, 0.3) is 0 Å². The molecule has 0 heterocycles. The molecule has 3 amide bonds. The molecule has 106 valence electrons. The fraction of sp³-hybridized carbons (Fsp3) is 0.818. The highest BCUT2D eigenvalue weighted by atomic mass is 16.3. The van der Waals surface area contributed by atoms with Gasteiger partial charge in [-0.25, -0.2) is 4.79 Å². The zero-order valence-corrected chi connectivity index (χ0v) is 11.1. The predicted octanol–water partition coefficient (Wildman–Crippen LogP) is -1.07. The Balaban J connectivity index is 4.42. The van der Waals surface area contributed by atoms with Gasteiger partial charge in [0.15, 0.2) is 0 Å². The van der Waals surface area contributed by atoms with Crippen LogP contribution in [0, 0.1) is 5.92 Å². The quantitative estimate of drug-likeness (QED) is 0.400. The van der Waals surface area contributed by atoms with E-state index in [4.69, 9.17) is 10.8 Å². The van der Waals surface area contributed by atoms with Crippen molar-refractivity contribution in [1.29, 1.82) is 0 Å². The molecule has 7 heteroatoms. The van der Waals surface area contributed by atoms with Crippen LogP contribution in [0.3, 0.4) is 0 Å². The topological polar surface area (TPSA) is 125 Å². The Labute approximate surface area is 107 Å². The summed E-state index contributed by atoms with van der Waals surface area (Å²) in [4.78, 5) is 22.6. The molecular formula is C11H23N3O4. The molecule has 0 aliphatic heterocycles. The number of nitrogens with one attached hydrogen (secondary N) is 2. The fourth-order valence-electron chi connectivity index (χ4n) is 1.33. The van der Waals surface area contributed by atoms with Crippen molar-refractivity contribution >= 4 is 11.9 Å². The second-order valence-corrected chi connectivity index (χ2v) is 5.06. The van der Waals surface area contributed by atoms with Crippen molar-refractivity contribution in [3.63, 3.8) is 0 Å². The van der Waals surface area contributed by atoms with Gasteiger partial charge in [0.05, 0.1) is 6.61 Å². The Kier molecular flexibility index (Phi) is 6.64. The molecule has 6 N–H and O–H groups in total. The van der Waals surface area contributed by atoms with Crippen molar-refractivity contribution in [1.82, 2.24) is 10.6 Å². The van der Waals surface area contributed by atoms with Gasteiger partial charge in [-0.3, -0.25) is 4.79 Å². The lowest BCUT2D eigenvalue weighted by Crippen LogP contribution is -2.52. The van der Waals surface area contributed by atoms with Crippen LogP contribution in [0.15, 0.2) is 0 Å². The van der Waals surface area contributed by atoms with E-state index < -0.39 is 30.2 Å². The minimum atomic E-state index is -1.38. The standard InChI is InChI=1S/C11H23N3O4/c1-7(2)4-8(14-10(12)17)9(16)13-5-11(3,18)6-15/h7-8,15,18H,4-6H2,1-3H3,(H,13,16)(H3,12,14,17). The van der Waals surface area contributed by atoms with Crippen molar-refractivity contribution < 1.29 is 19.8 Å². The molecule has 0 aromatic heterocycles. The second-order valence-electron chi connectivity index (χ2n) is 5.06. The van der Waals surface area contributed by atoms with E-state index in [-0.39, 0.29) is 12.5 Å². The van der Waals surface area contributed by atoms with Gasteiger partial charge in [0.25, 0.3) is 0 Å². The first-order valence-electron chi connectivity index (χ1n) is 5.85. The van der Waals surface area contributed by atoms with Crippen LogP contribution in [-0.4, -0.2) is 46.9 Å². The van der Waals surface area contributed by atoms with Gasteiger partial charge in [-0.05, 0) is 19.3 Å². The highest BCUT2D eigenvalue weighted by Crippen LogP contribution is 2.06. The molecule has 0 aromatic rings. The summed E-state index contributed by atoms with van der Waals surface area (Å²) in [5.74, 6) is -0.234. The maximum atomic E-state index is 11.8. The Bertz CT molecular complexity index is 292. The zero-order valence-electron chi connectivity index (χ0n) is 11.1. The van der Waals surface area contributed by atoms with E-state index in [9.17, 15) is 14.7 Å². The van der Waals surface area contributed by atoms with Crippen LogP contribution in [0.5, 0.6) is 0 Å². The summed E-state index contributed by atoms with van der Waals surface area (Å²) < 4.78 is 0. The average Bonchev–Trinajstić information content (AvgIpc) is 2.24. The molecule has 2 unspecified atom stereocenters. The van der Waals surface area contributed by atoms with E-state index in [0.717, 1.165) is 0 Å². The average molecular weight is 261 g/mol. The fourth-order valence-corrected chi connectivity index (χ4v) is 1.33. The number of urea groups is 1. The molecule has 7 nitrogen and oxygen atoms in total. The minimum absolute atomic E-state index is 0.0998. The van der Waals surface area contributed by atoms with E-state index in [1.165, 1.54) is 6.92 Å². The second kappa shape index (κ2) is 7.17. The number of nitrogens with two attached hydrogens (primary N) is 1. The molecule has 0 radical (unpaired) electrons. The van der Waals surface area contributed by atoms with E-state index >= 15 is 0 Å². The van der Waals surface area contributed by atoms with Crippen molar-refractivity contribution in [3.8, 4) is 0 Å². The van der Waals surface area contributed by atoms with Crippen LogP contribution < -0.4 is 16.4 Å². The summed E-state index contributed by atoms with van der Waals surface area (Å²) in [5.41, 5.74) is 3.61. The van der Waals surface area contributed by atoms with Gasteiger partial charge in [0.1, 0.15) is 11.6 Å². The lowest BCUT2D eigenvalue weighted by Gasteiger charge is -2.24. The van der Waals surface area contributed by atoms with Gasteiger partial charge >= 0.3 is 6.03 Å². The van der Waals surface area contributed by atoms with Gasteiger partial charge in [0, 0.05) is 6.54 Å². The summed E-state index contributed by atoms with van der Waals surface area (Å²) in [6.07, 6.45) is 0.441. The molecule has 0 fully saturated rings. The molecule has 0 aromatic carbocycles. The SMILES string of the molecule is CC(C)CC(NC(N)=O)C(=O)NCC(C)(O)CO. The Hall–Kier alpha value is -1.34. The van der Waals surface area contributed by atoms with E-state index in [2.05, 4.69) is 10.6 Å². The Morgan fingerprint density at radius 3 is 2.33 bits per heavy atom. The van der Waals surface area contributed by atoms with E-state index in [1.807, 2.05) is 13.8 Å². The molecule has 0 saturated heterocycles. The number of carbonyl (C=O) groups is 2. The monoisotopic (exact) mass is 261 g/mol. The maximum Gasteiger partial charge on any atom is 0.312 e.